The molecule has 2 rings (SSSR count). The Bertz CT molecular complexity index is 634. The molecule has 8 heteroatoms. The quantitative estimate of drug-likeness (QED) is 0.791. The van der Waals surface area contributed by atoms with Crippen molar-refractivity contribution in [1.29, 1.82) is 0 Å². The van der Waals surface area contributed by atoms with Gasteiger partial charge in [-0.1, -0.05) is 0 Å². The van der Waals surface area contributed by atoms with Gasteiger partial charge in [0.15, 0.2) is 0 Å². The summed E-state index contributed by atoms with van der Waals surface area (Å²) in [5, 5.41) is 7.97. The molecule has 0 saturated carbocycles. The number of nitrogens with one attached hydrogen (secondary N) is 1. The van der Waals surface area contributed by atoms with E-state index < -0.39 is 10.0 Å². The highest BCUT2D eigenvalue weighted by atomic mass is 32.2. The zero-order chi connectivity index (χ0) is 14.6. The maximum Gasteiger partial charge on any atom is 0.243 e. The Balaban J connectivity index is 2.02. The fourth-order valence-electron chi connectivity index (χ4n) is 1.87. The second-order valence-corrected chi connectivity index (χ2v) is 7.08. The smallest absolute Gasteiger partial charge is 0.243 e. The minimum absolute atomic E-state index is 0.170. The number of aromatic nitrogens is 2. The number of rotatable bonds is 7. The molecule has 2 aromatic heterocycles. The zero-order valence-electron chi connectivity index (χ0n) is 11.2. The Morgan fingerprint density at radius 1 is 1.55 bits per heavy atom. The van der Waals surface area contributed by atoms with Crippen LogP contribution in [0.25, 0.3) is 0 Å². The van der Waals surface area contributed by atoms with E-state index in [1.165, 1.54) is 17.1 Å². The molecule has 2 heterocycles. The first-order valence-corrected chi connectivity index (χ1v) is 8.70. The molecule has 0 bridgehead atoms. The van der Waals surface area contributed by atoms with Gasteiger partial charge in [0.05, 0.1) is 12.7 Å². The molecule has 1 unspecified atom stereocenters. The van der Waals surface area contributed by atoms with E-state index in [2.05, 4.69) is 9.82 Å². The Hall–Kier alpha value is -1.22. The highest BCUT2D eigenvalue weighted by Crippen LogP contribution is 2.12. The standard InChI is InChI=1S/C12H18N4O2S2/c1-10(6-11-2-5-19-9-11)15-20(17,18)12-7-14-16(8-12)4-3-13/h2,5,7-10,15H,3-4,6,13H2,1H3. The Labute approximate surface area is 122 Å². The summed E-state index contributed by atoms with van der Waals surface area (Å²) in [6, 6.07) is 1.82. The molecule has 0 aromatic carbocycles. The summed E-state index contributed by atoms with van der Waals surface area (Å²) in [7, 11) is -3.53. The second kappa shape index (κ2) is 6.49. The summed E-state index contributed by atoms with van der Waals surface area (Å²) in [5.41, 5.74) is 6.54. The number of hydrogen-bond acceptors (Lipinski definition) is 5. The molecule has 2 aromatic rings. The molecule has 0 radical (unpaired) electrons. The van der Waals surface area contributed by atoms with E-state index >= 15 is 0 Å². The molecule has 20 heavy (non-hydrogen) atoms. The van der Waals surface area contributed by atoms with Crippen LogP contribution < -0.4 is 10.5 Å². The van der Waals surface area contributed by atoms with E-state index in [0.29, 0.717) is 19.5 Å². The van der Waals surface area contributed by atoms with Gasteiger partial charge in [-0.15, -0.1) is 0 Å². The summed E-state index contributed by atoms with van der Waals surface area (Å²) in [5.74, 6) is 0. The monoisotopic (exact) mass is 314 g/mol. The third-order valence-corrected chi connectivity index (χ3v) is 5.03. The van der Waals surface area contributed by atoms with Gasteiger partial charge in [-0.05, 0) is 35.7 Å². The van der Waals surface area contributed by atoms with Crippen molar-refractivity contribution in [3.8, 4) is 0 Å². The van der Waals surface area contributed by atoms with Crippen LogP contribution in [0.15, 0.2) is 34.1 Å². The topological polar surface area (TPSA) is 90.0 Å². The maximum atomic E-state index is 12.2. The lowest BCUT2D eigenvalue weighted by atomic mass is 10.1. The zero-order valence-corrected chi connectivity index (χ0v) is 12.8. The molecule has 0 spiro atoms. The molecular weight excluding hydrogens is 296 g/mol. The Morgan fingerprint density at radius 2 is 2.35 bits per heavy atom. The average molecular weight is 314 g/mol. The molecule has 0 aliphatic carbocycles. The van der Waals surface area contributed by atoms with Gasteiger partial charge in [0.1, 0.15) is 4.90 Å². The van der Waals surface area contributed by atoms with Crippen LogP contribution in [-0.4, -0.2) is 30.8 Å². The van der Waals surface area contributed by atoms with Gasteiger partial charge in [-0.3, -0.25) is 4.68 Å². The van der Waals surface area contributed by atoms with Crippen molar-refractivity contribution in [1.82, 2.24) is 14.5 Å². The van der Waals surface area contributed by atoms with Crippen LogP contribution in [0.5, 0.6) is 0 Å². The van der Waals surface area contributed by atoms with Crippen LogP contribution >= 0.6 is 11.3 Å². The highest BCUT2D eigenvalue weighted by Gasteiger charge is 2.19. The summed E-state index contributed by atoms with van der Waals surface area (Å²) in [6.07, 6.45) is 3.50. The van der Waals surface area contributed by atoms with Gasteiger partial charge >= 0.3 is 0 Å². The second-order valence-electron chi connectivity index (χ2n) is 4.59. The fourth-order valence-corrected chi connectivity index (χ4v) is 3.75. The lowest BCUT2D eigenvalue weighted by Crippen LogP contribution is -2.33. The molecule has 0 fully saturated rings. The van der Waals surface area contributed by atoms with E-state index in [9.17, 15) is 8.42 Å². The molecule has 6 nitrogen and oxygen atoms in total. The van der Waals surface area contributed by atoms with Crippen LogP contribution in [0.1, 0.15) is 12.5 Å². The Morgan fingerprint density at radius 3 is 3.00 bits per heavy atom. The maximum absolute atomic E-state index is 12.2. The van der Waals surface area contributed by atoms with Crippen LogP contribution in [0.3, 0.4) is 0 Å². The van der Waals surface area contributed by atoms with Crippen LogP contribution in [0, 0.1) is 0 Å². The van der Waals surface area contributed by atoms with E-state index in [4.69, 9.17) is 5.73 Å². The molecule has 0 aliphatic heterocycles. The molecule has 0 amide bonds. The number of nitrogens with two attached hydrogens (primary N) is 1. The normalized spacial score (nSPS) is 13.5. The van der Waals surface area contributed by atoms with Crippen molar-refractivity contribution < 1.29 is 8.42 Å². The lowest BCUT2D eigenvalue weighted by Gasteiger charge is -2.12. The number of hydrogen-bond donors (Lipinski definition) is 2. The molecule has 0 saturated heterocycles. The Kier molecular flexibility index (Phi) is 4.92. The molecule has 110 valence electrons. The molecule has 0 aliphatic rings. The molecular formula is C12H18N4O2S2. The number of thiophene rings is 1. The van der Waals surface area contributed by atoms with Crippen molar-refractivity contribution in [2.75, 3.05) is 6.54 Å². The predicted octanol–water partition coefficient (Wildman–Crippen LogP) is 0.813. The van der Waals surface area contributed by atoms with Crippen LogP contribution in [-0.2, 0) is 23.0 Å². The summed E-state index contributed by atoms with van der Waals surface area (Å²) in [6.45, 7) is 2.77. The van der Waals surface area contributed by atoms with Gasteiger partial charge in [0, 0.05) is 18.8 Å². The summed E-state index contributed by atoms with van der Waals surface area (Å²) in [4.78, 5) is 0.170. The minimum atomic E-state index is -3.53. The van der Waals surface area contributed by atoms with Gasteiger partial charge in [-0.25, -0.2) is 13.1 Å². The van der Waals surface area contributed by atoms with Crippen LogP contribution in [0.4, 0.5) is 0 Å². The third kappa shape index (κ3) is 3.89. The van der Waals surface area contributed by atoms with Gasteiger partial charge in [-0.2, -0.15) is 16.4 Å². The number of sulfonamides is 1. The molecule has 1 atom stereocenters. The number of nitrogens with zero attached hydrogens (tertiary/aromatic N) is 2. The highest BCUT2D eigenvalue weighted by molar-refractivity contribution is 7.89. The van der Waals surface area contributed by atoms with Crippen molar-refractivity contribution >= 4 is 21.4 Å². The summed E-state index contributed by atoms with van der Waals surface area (Å²) >= 11 is 1.60. The van der Waals surface area contributed by atoms with E-state index in [1.807, 2.05) is 23.8 Å². The van der Waals surface area contributed by atoms with Gasteiger partial charge in [0.2, 0.25) is 10.0 Å². The average Bonchev–Trinajstić information content (AvgIpc) is 3.00. The third-order valence-electron chi connectivity index (χ3n) is 2.76. The van der Waals surface area contributed by atoms with Crippen molar-refractivity contribution in [2.24, 2.45) is 5.73 Å². The van der Waals surface area contributed by atoms with E-state index in [1.54, 1.807) is 11.3 Å². The van der Waals surface area contributed by atoms with Crippen LogP contribution in [0.2, 0.25) is 0 Å². The summed E-state index contributed by atoms with van der Waals surface area (Å²) < 4.78 is 28.6. The largest absolute Gasteiger partial charge is 0.329 e. The fraction of sp³-hybridized carbons (Fsp3) is 0.417. The van der Waals surface area contributed by atoms with Crippen molar-refractivity contribution in [2.45, 2.75) is 30.8 Å². The first kappa shape index (κ1) is 15.2. The first-order chi connectivity index (χ1) is 9.51. The van der Waals surface area contributed by atoms with Gasteiger partial charge < -0.3 is 5.73 Å². The molecule has 3 N–H and O–H groups in total. The minimum Gasteiger partial charge on any atom is -0.329 e. The van der Waals surface area contributed by atoms with Crippen molar-refractivity contribution in [3.05, 3.63) is 34.8 Å². The van der Waals surface area contributed by atoms with E-state index in [0.717, 1.165) is 5.56 Å². The SMILES string of the molecule is CC(Cc1ccsc1)NS(=O)(=O)c1cnn(CCN)c1. The van der Waals surface area contributed by atoms with Crippen molar-refractivity contribution in [3.63, 3.8) is 0 Å². The lowest BCUT2D eigenvalue weighted by molar-refractivity contribution is 0.559. The first-order valence-electron chi connectivity index (χ1n) is 6.27. The van der Waals surface area contributed by atoms with E-state index in [-0.39, 0.29) is 10.9 Å². The predicted molar refractivity (Wildman–Crippen MR) is 79.1 cm³/mol. The van der Waals surface area contributed by atoms with Gasteiger partial charge in [0.25, 0.3) is 0 Å².